The van der Waals surface area contributed by atoms with Crippen LogP contribution < -0.4 is 9.64 Å². The van der Waals surface area contributed by atoms with Gasteiger partial charge in [-0.25, -0.2) is 23.4 Å². The second-order valence-corrected chi connectivity index (χ2v) is 15.6. The number of amides is 1. The Hall–Kier alpha value is -2.83. The van der Waals surface area contributed by atoms with Gasteiger partial charge in [0, 0.05) is 85.8 Å². The first-order valence-corrected chi connectivity index (χ1v) is 18.4. The van der Waals surface area contributed by atoms with Gasteiger partial charge < -0.3 is 14.5 Å². The Morgan fingerprint density at radius 1 is 1.02 bits per heavy atom. The maximum atomic E-state index is 12.5. The molecule has 10 nitrogen and oxygen atoms in total. The Kier molecular flexibility index (Phi) is 8.89. The van der Waals surface area contributed by atoms with Crippen LogP contribution in [0.3, 0.4) is 0 Å². The van der Waals surface area contributed by atoms with Crippen LogP contribution in [-0.2, 0) is 26.9 Å². The third-order valence-corrected chi connectivity index (χ3v) is 11.0. The summed E-state index contributed by atoms with van der Waals surface area (Å²) in [5.41, 5.74) is 4.29. The number of carbonyl (C=O) groups excluding carboxylic acids is 1. The molecule has 0 aromatic carbocycles. The molecule has 0 radical (unpaired) electrons. The number of likely N-dealkylation sites (tertiary alicyclic amines) is 2. The van der Waals surface area contributed by atoms with E-state index in [1.807, 2.05) is 6.07 Å². The fourth-order valence-electron chi connectivity index (χ4n) is 6.76. The van der Waals surface area contributed by atoms with Gasteiger partial charge >= 0.3 is 0 Å². The average Bonchev–Trinajstić information content (AvgIpc) is 3.31. The van der Waals surface area contributed by atoms with Gasteiger partial charge in [-0.2, -0.15) is 0 Å². The molecule has 0 atom stereocenters. The molecule has 6 rings (SSSR count). The quantitative estimate of drug-likeness (QED) is 0.355. The van der Waals surface area contributed by atoms with Gasteiger partial charge in [0.2, 0.25) is 17.7 Å². The summed E-state index contributed by atoms with van der Waals surface area (Å²) < 4.78 is 30.8. The lowest BCUT2D eigenvalue weighted by atomic mass is 9.99. The molecule has 0 spiro atoms. The van der Waals surface area contributed by atoms with Gasteiger partial charge in [-0.3, -0.25) is 9.69 Å². The van der Waals surface area contributed by atoms with Crippen molar-refractivity contribution in [2.24, 2.45) is 0 Å². The molecule has 0 bridgehead atoms. The number of methoxy groups -OCH3 is 1. The summed E-state index contributed by atoms with van der Waals surface area (Å²) in [6.07, 6.45) is 11.2. The first kappa shape index (κ1) is 30.2. The Balaban J connectivity index is 1.34. The fraction of sp³-hybridized carbons (Fsp3) is 0.613. The van der Waals surface area contributed by atoms with Crippen molar-refractivity contribution in [2.75, 3.05) is 51.0 Å². The monoisotopic (exact) mass is 626 g/mol. The van der Waals surface area contributed by atoms with Crippen molar-refractivity contribution >= 4 is 43.2 Å². The van der Waals surface area contributed by atoms with E-state index in [9.17, 15) is 13.2 Å². The minimum Gasteiger partial charge on any atom is -0.481 e. The molecule has 0 aliphatic carbocycles. The first-order valence-electron chi connectivity index (χ1n) is 15.5. The van der Waals surface area contributed by atoms with E-state index in [4.69, 9.17) is 14.7 Å². The van der Waals surface area contributed by atoms with Crippen molar-refractivity contribution in [2.45, 2.75) is 76.6 Å². The van der Waals surface area contributed by atoms with Crippen molar-refractivity contribution in [1.29, 1.82) is 0 Å². The van der Waals surface area contributed by atoms with Crippen molar-refractivity contribution < 1.29 is 17.9 Å². The number of ether oxygens (including phenoxy) is 1. The van der Waals surface area contributed by atoms with Gasteiger partial charge in [0.05, 0.1) is 28.8 Å². The number of carbonyl (C=O) groups is 1. The summed E-state index contributed by atoms with van der Waals surface area (Å²) in [5, 5.41) is 0. The largest absolute Gasteiger partial charge is 0.481 e. The summed E-state index contributed by atoms with van der Waals surface area (Å²) in [5.74, 6) is 1.21. The molecule has 1 amide bonds. The molecule has 3 aromatic rings. The summed E-state index contributed by atoms with van der Waals surface area (Å²) >= 11 is 1.70. The van der Waals surface area contributed by atoms with E-state index < -0.39 is 9.84 Å². The minimum atomic E-state index is -3.30. The normalized spacial score (nSPS) is 19.4. The number of hydrogen-bond acceptors (Lipinski definition) is 10. The number of hydrogen-bond donors (Lipinski definition) is 0. The molecule has 12 heteroatoms. The van der Waals surface area contributed by atoms with Gasteiger partial charge in [0.25, 0.3) is 0 Å². The number of anilines is 1. The van der Waals surface area contributed by atoms with Crippen molar-refractivity contribution in [3.8, 4) is 17.1 Å². The summed E-state index contributed by atoms with van der Waals surface area (Å²) in [6.45, 7) is 7.63. The zero-order chi connectivity index (χ0) is 30.1. The number of thiophene rings is 1. The van der Waals surface area contributed by atoms with E-state index in [0.717, 1.165) is 105 Å². The average molecular weight is 627 g/mol. The van der Waals surface area contributed by atoms with Crippen LogP contribution in [0.5, 0.6) is 5.88 Å². The van der Waals surface area contributed by atoms with Crippen molar-refractivity contribution in [3.05, 3.63) is 28.3 Å². The number of aromatic nitrogens is 3. The third-order valence-electron chi connectivity index (χ3n) is 9.01. The topological polar surface area (TPSA) is 109 Å². The highest BCUT2D eigenvalue weighted by Gasteiger charge is 2.30. The molecule has 43 heavy (non-hydrogen) atoms. The maximum Gasteiger partial charge on any atom is 0.226 e. The predicted molar refractivity (Wildman–Crippen MR) is 170 cm³/mol. The van der Waals surface area contributed by atoms with Crippen LogP contribution >= 0.6 is 11.3 Å². The highest BCUT2D eigenvalue weighted by molar-refractivity contribution is 7.89. The Labute approximate surface area is 258 Å². The number of pyridine rings is 1. The molecular weight excluding hydrogens is 585 g/mol. The lowest BCUT2D eigenvalue weighted by Gasteiger charge is -2.40. The van der Waals surface area contributed by atoms with Crippen molar-refractivity contribution in [3.63, 3.8) is 0 Å². The zero-order valence-electron chi connectivity index (χ0n) is 25.5. The van der Waals surface area contributed by atoms with E-state index in [1.165, 1.54) is 30.2 Å². The second-order valence-electron chi connectivity index (χ2n) is 12.2. The number of nitrogens with zero attached hydrogens (tertiary/aromatic N) is 6. The molecule has 6 heterocycles. The van der Waals surface area contributed by atoms with Gasteiger partial charge in [-0.15, -0.1) is 11.3 Å². The van der Waals surface area contributed by atoms with Gasteiger partial charge in [-0.05, 0) is 57.9 Å². The molecule has 3 aromatic heterocycles. The standard InChI is InChI=1S/C31H42N6O4S2/c1-21-25(19-35-15-10-24(11-16-35)37-14-8-5-9-26(37)38)28-29(42-21)27(33-31(34-28)36-12-6-4-7-13-36)22-17-23(20-43(3,39)40)30(41-2)32-18-22/h17-18,24H,4-16,19-20H2,1-3H3. The highest BCUT2D eigenvalue weighted by Crippen LogP contribution is 2.39. The molecule has 232 valence electrons. The van der Waals surface area contributed by atoms with Gasteiger partial charge in [0.1, 0.15) is 0 Å². The van der Waals surface area contributed by atoms with Crippen LogP contribution in [0.1, 0.15) is 67.4 Å². The Morgan fingerprint density at radius 2 is 1.77 bits per heavy atom. The number of aryl methyl sites for hydroxylation is 1. The molecular formula is C31H42N6O4S2. The van der Waals surface area contributed by atoms with Gasteiger partial charge in [0.15, 0.2) is 9.84 Å². The molecule has 3 saturated heterocycles. The van der Waals surface area contributed by atoms with Crippen LogP contribution in [0.2, 0.25) is 0 Å². The minimum absolute atomic E-state index is 0.155. The summed E-state index contributed by atoms with van der Waals surface area (Å²) in [6, 6.07) is 2.21. The molecule has 0 unspecified atom stereocenters. The number of piperidine rings is 3. The first-order chi connectivity index (χ1) is 20.7. The Bertz CT molecular complexity index is 1590. The van der Waals surface area contributed by atoms with Crippen molar-refractivity contribution in [1.82, 2.24) is 24.8 Å². The van der Waals surface area contributed by atoms with Crippen LogP contribution in [0, 0.1) is 6.92 Å². The summed E-state index contributed by atoms with van der Waals surface area (Å²) in [4.78, 5) is 35.4. The maximum absolute atomic E-state index is 12.5. The highest BCUT2D eigenvalue weighted by atomic mass is 32.2. The molecule has 0 saturated carbocycles. The van der Waals surface area contributed by atoms with E-state index in [0.29, 0.717) is 29.8 Å². The molecule has 0 N–H and O–H groups in total. The SMILES string of the molecule is COc1ncc(-c2nc(N3CCCCC3)nc3c(CN4CCC(N5CCCCC5=O)CC4)c(C)sc23)cc1CS(C)(=O)=O. The fourth-order valence-corrected chi connectivity index (χ4v) is 8.65. The predicted octanol–water partition coefficient (Wildman–Crippen LogP) is 4.58. The number of fused-ring (bicyclic) bond motifs is 1. The van der Waals surface area contributed by atoms with Crippen LogP contribution in [-0.4, -0.2) is 91.2 Å². The second kappa shape index (κ2) is 12.6. The van der Waals surface area contributed by atoms with Crippen LogP contribution in [0.15, 0.2) is 12.3 Å². The zero-order valence-corrected chi connectivity index (χ0v) is 27.1. The molecule has 3 aliphatic heterocycles. The summed E-state index contributed by atoms with van der Waals surface area (Å²) in [7, 11) is -1.79. The number of rotatable bonds is 8. The van der Waals surface area contributed by atoms with E-state index in [2.05, 4.69) is 26.6 Å². The third kappa shape index (κ3) is 6.66. The smallest absolute Gasteiger partial charge is 0.226 e. The lowest BCUT2D eigenvalue weighted by Crippen LogP contribution is -2.48. The molecule has 3 fully saturated rings. The van der Waals surface area contributed by atoms with E-state index >= 15 is 0 Å². The van der Waals surface area contributed by atoms with E-state index in [-0.39, 0.29) is 5.75 Å². The Morgan fingerprint density at radius 3 is 2.47 bits per heavy atom. The van der Waals surface area contributed by atoms with Gasteiger partial charge in [-0.1, -0.05) is 0 Å². The lowest BCUT2D eigenvalue weighted by molar-refractivity contribution is -0.136. The molecule has 3 aliphatic rings. The van der Waals surface area contributed by atoms with Crippen LogP contribution in [0.25, 0.3) is 21.5 Å². The number of sulfone groups is 1. The van der Waals surface area contributed by atoms with E-state index in [1.54, 1.807) is 17.5 Å². The van der Waals surface area contributed by atoms with Crippen LogP contribution in [0.4, 0.5) is 5.95 Å².